The minimum Gasteiger partial charge on any atom is -0.481 e. The highest BCUT2D eigenvalue weighted by Gasteiger charge is 2.40. The van der Waals surface area contributed by atoms with Crippen LogP contribution < -0.4 is 0 Å². The van der Waals surface area contributed by atoms with Gasteiger partial charge >= 0.3 is 5.97 Å². The van der Waals surface area contributed by atoms with Crippen LogP contribution in [0.15, 0.2) is 18.2 Å². The molecule has 0 bridgehead atoms. The molecule has 1 aliphatic rings. The minimum absolute atomic E-state index is 0.0365. The van der Waals surface area contributed by atoms with E-state index in [0.717, 1.165) is 16.4 Å². The normalized spacial score (nSPS) is 22.4. The SMILES string of the molecule is C[C@@H]1CN(S(=O)(=O)Cc2ccc(F)cc2C#N)C[C@H]1C(=O)O. The predicted octanol–water partition coefficient (Wildman–Crippen LogP) is 1.18. The third-order valence-electron chi connectivity index (χ3n) is 3.82. The van der Waals surface area contributed by atoms with Gasteiger partial charge in [0.15, 0.2) is 0 Å². The summed E-state index contributed by atoms with van der Waals surface area (Å²) in [6.07, 6.45) is 0. The fourth-order valence-electron chi connectivity index (χ4n) is 2.54. The Morgan fingerprint density at radius 1 is 1.50 bits per heavy atom. The molecule has 0 aromatic heterocycles. The van der Waals surface area contributed by atoms with Crippen LogP contribution in [0, 0.1) is 29.0 Å². The molecule has 8 heteroatoms. The average Bonchev–Trinajstić information content (AvgIpc) is 2.83. The maximum Gasteiger partial charge on any atom is 0.308 e. The Labute approximate surface area is 127 Å². The Morgan fingerprint density at radius 2 is 2.18 bits per heavy atom. The van der Waals surface area contributed by atoms with E-state index in [9.17, 15) is 17.6 Å². The van der Waals surface area contributed by atoms with Crippen molar-refractivity contribution < 1.29 is 22.7 Å². The Balaban J connectivity index is 2.23. The summed E-state index contributed by atoms with van der Waals surface area (Å²) in [4.78, 5) is 11.1. The summed E-state index contributed by atoms with van der Waals surface area (Å²) < 4.78 is 39.0. The number of nitriles is 1. The Hall–Kier alpha value is -1.98. The van der Waals surface area contributed by atoms with Crippen molar-refractivity contribution in [3.05, 3.63) is 35.1 Å². The van der Waals surface area contributed by atoms with Crippen molar-refractivity contribution in [3.8, 4) is 6.07 Å². The van der Waals surface area contributed by atoms with Crippen LogP contribution in [0.25, 0.3) is 0 Å². The molecule has 1 aromatic carbocycles. The Bertz CT molecular complexity index is 742. The number of carboxylic acids is 1. The number of nitrogens with zero attached hydrogens (tertiary/aromatic N) is 2. The molecule has 22 heavy (non-hydrogen) atoms. The van der Waals surface area contributed by atoms with Crippen molar-refractivity contribution in [2.45, 2.75) is 12.7 Å². The number of carboxylic acid groups (broad SMARTS) is 1. The molecule has 6 nitrogen and oxygen atoms in total. The molecule has 0 saturated carbocycles. The zero-order valence-corrected chi connectivity index (χ0v) is 12.7. The van der Waals surface area contributed by atoms with Gasteiger partial charge in [0, 0.05) is 13.1 Å². The fraction of sp³-hybridized carbons (Fsp3) is 0.429. The molecule has 2 atom stereocenters. The molecule has 0 radical (unpaired) electrons. The molecule has 2 rings (SSSR count). The minimum atomic E-state index is -3.76. The molecule has 1 aromatic rings. The number of hydrogen-bond donors (Lipinski definition) is 1. The maximum absolute atomic E-state index is 13.1. The molecule has 0 amide bonds. The van der Waals surface area contributed by atoms with Crippen molar-refractivity contribution >= 4 is 16.0 Å². The molecular weight excluding hydrogens is 311 g/mol. The van der Waals surface area contributed by atoms with Crippen LogP contribution in [0.1, 0.15) is 18.1 Å². The molecular formula is C14H15FN2O4S. The second kappa shape index (κ2) is 6.02. The molecule has 118 valence electrons. The van der Waals surface area contributed by atoms with E-state index in [4.69, 9.17) is 10.4 Å². The quantitative estimate of drug-likeness (QED) is 0.896. The first-order chi connectivity index (χ1) is 10.2. The van der Waals surface area contributed by atoms with Gasteiger partial charge in [-0.25, -0.2) is 17.1 Å². The molecule has 0 spiro atoms. The van der Waals surface area contributed by atoms with Crippen LogP contribution in [-0.4, -0.2) is 36.9 Å². The number of hydrogen-bond acceptors (Lipinski definition) is 4. The number of benzene rings is 1. The van der Waals surface area contributed by atoms with E-state index in [2.05, 4.69) is 0 Å². The molecule has 1 saturated heterocycles. The maximum atomic E-state index is 13.1. The summed E-state index contributed by atoms with van der Waals surface area (Å²) >= 11 is 0. The van der Waals surface area contributed by atoms with Gasteiger partial charge in [0.1, 0.15) is 5.82 Å². The summed E-state index contributed by atoms with van der Waals surface area (Å²) in [5.74, 6) is -3.10. The fourth-order valence-corrected chi connectivity index (χ4v) is 4.21. The van der Waals surface area contributed by atoms with Gasteiger partial charge in [0.05, 0.1) is 23.3 Å². The van der Waals surface area contributed by atoms with Gasteiger partial charge in [0.25, 0.3) is 0 Å². The van der Waals surface area contributed by atoms with Crippen molar-refractivity contribution in [1.82, 2.24) is 4.31 Å². The van der Waals surface area contributed by atoms with Crippen LogP contribution in [0.5, 0.6) is 0 Å². The van der Waals surface area contributed by atoms with E-state index < -0.39 is 33.5 Å². The Morgan fingerprint density at radius 3 is 2.73 bits per heavy atom. The summed E-state index contributed by atoms with van der Waals surface area (Å²) in [6, 6.07) is 5.11. The highest BCUT2D eigenvalue weighted by molar-refractivity contribution is 7.88. The van der Waals surface area contributed by atoms with Gasteiger partial charge in [-0.15, -0.1) is 0 Å². The molecule has 1 N–H and O–H groups in total. The predicted molar refractivity (Wildman–Crippen MR) is 75.6 cm³/mol. The van der Waals surface area contributed by atoms with E-state index in [-0.39, 0.29) is 30.1 Å². The molecule has 0 unspecified atom stereocenters. The zero-order valence-electron chi connectivity index (χ0n) is 11.9. The van der Waals surface area contributed by atoms with Gasteiger partial charge in [-0.2, -0.15) is 5.26 Å². The third-order valence-corrected chi connectivity index (χ3v) is 5.58. The zero-order chi connectivity index (χ0) is 16.5. The molecule has 0 aliphatic carbocycles. The molecule has 1 fully saturated rings. The highest BCUT2D eigenvalue weighted by atomic mass is 32.2. The van der Waals surface area contributed by atoms with E-state index in [0.29, 0.717) is 0 Å². The van der Waals surface area contributed by atoms with Gasteiger partial charge in [-0.1, -0.05) is 13.0 Å². The molecule has 1 heterocycles. The summed E-state index contributed by atoms with van der Waals surface area (Å²) in [6.45, 7) is 1.73. The van der Waals surface area contributed by atoms with E-state index in [1.54, 1.807) is 13.0 Å². The number of halogens is 1. The number of sulfonamides is 1. The monoisotopic (exact) mass is 326 g/mol. The van der Waals surface area contributed by atoms with Gasteiger partial charge < -0.3 is 5.11 Å². The van der Waals surface area contributed by atoms with Crippen LogP contribution >= 0.6 is 0 Å². The van der Waals surface area contributed by atoms with Gasteiger partial charge in [0.2, 0.25) is 10.0 Å². The highest BCUT2D eigenvalue weighted by Crippen LogP contribution is 2.27. The van der Waals surface area contributed by atoms with Crippen molar-refractivity contribution in [2.24, 2.45) is 11.8 Å². The first kappa shape index (κ1) is 16.4. The Kier molecular flexibility index (Phi) is 4.49. The lowest BCUT2D eigenvalue weighted by molar-refractivity contribution is -0.142. The summed E-state index contributed by atoms with van der Waals surface area (Å²) in [5, 5.41) is 18.0. The first-order valence-electron chi connectivity index (χ1n) is 6.63. The lowest BCUT2D eigenvalue weighted by Crippen LogP contribution is -2.31. The first-order valence-corrected chi connectivity index (χ1v) is 8.24. The van der Waals surface area contributed by atoms with Crippen LogP contribution in [0.4, 0.5) is 4.39 Å². The van der Waals surface area contributed by atoms with Crippen molar-refractivity contribution in [3.63, 3.8) is 0 Å². The van der Waals surface area contributed by atoms with Crippen LogP contribution in [-0.2, 0) is 20.6 Å². The standard InChI is InChI=1S/C14H15FN2O4S/c1-9-6-17(7-13(9)14(18)19)22(20,21)8-10-2-3-12(15)4-11(10)5-16/h2-4,9,13H,6-8H2,1H3,(H,18,19)/t9-,13-/m1/s1. The average molecular weight is 326 g/mol. The van der Waals surface area contributed by atoms with Crippen LogP contribution in [0.3, 0.4) is 0 Å². The number of aliphatic carboxylic acids is 1. The van der Waals surface area contributed by atoms with E-state index in [1.165, 1.54) is 6.07 Å². The largest absolute Gasteiger partial charge is 0.481 e. The number of carbonyl (C=O) groups is 1. The second-order valence-corrected chi connectivity index (χ2v) is 7.38. The third kappa shape index (κ3) is 3.26. The lowest BCUT2D eigenvalue weighted by atomic mass is 9.99. The van der Waals surface area contributed by atoms with E-state index in [1.807, 2.05) is 0 Å². The smallest absolute Gasteiger partial charge is 0.308 e. The molecule has 1 aliphatic heterocycles. The topological polar surface area (TPSA) is 98.5 Å². The number of rotatable bonds is 4. The van der Waals surface area contributed by atoms with Crippen molar-refractivity contribution in [2.75, 3.05) is 13.1 Å². The van der Waals surface area contributed by atoms with Crippen LogP contribution in [0.2, 0.25) is 0 Å². The summed E-state index contributed by atoms with van der Waals surface area (Å²) in [5.41, 5.74) is 0.168. The second-order valence-electron chi connectivity index (χ2n) is 5.41. The van der Waals surface area contributed by atoms with E-state index >= 15 is 0 Å². The van der Waals surface area contributed by atoms with Gasteiger partial charge in [-0.05, 0) is 23.6 Å². The van der Waals surface area contributed by atoms with Gasteiger partial charge in [-0.3, -0.25) is 4.79 Å². The summed E-state index contributed by atoms with van der Waals surface area (Å²) in [7, 11) is -3.76. The lowest BCUT2D eigenvalue weighted by Gasteiger charge is -2.16. The van der Waals surface area contributed by atoms with Crippen molar-refractivity contribution in [1.29, 1.82) is 5.26 Å².